The minimum absolute atomic E-state index is 0.200. The number of primary amides is 1. The molecule has 0 saturated heterocycles. The molecule has 0 atom stereocenters. The highest BCUT2D eigenvalue weighted by molar-refractivity contribution is 7.80. The molecule has 0 aromatic carbocycles. The minimum Gasteiger partial charge on any atom is -0.364 e. The average Bonchev–Trinajstić information content (AvgIpc) is 2.69. The van der Waals surface area contributed by atoms with Crippen LogP contribution < -0.4 is 16.4 Å². The molecule has 0 bridgehead atoms. The number of hydrogen-bond donors (Lipinski definition) is 3. The van der Waals surface area contributed by atoms with Crippen molar-refractivity contribution in [3.05, 3.63) is 11.9 Å². The number of anilines is 1. The van der Waals surface area contributed by atoms with Crippen LogP contribution in [-0.4, -0.2) is 27.3 Å². The van der Waals surface area contributed by atoms with Crippen LogP contribution >= 0.6 is 12.2 Å². The Balaban J connectivity index is 2.73. The molecule has 6 nitrogen and oxygen atoms in total. The Hall–Kier alpha value is -1.63. The maximum absolute atomic E-state index is 11.2. The van der Waals surface area contributed by atoms with E-state index in [0.29, 0.717) is 23.3 Å². The topological polar surface area (TPSA) is 85.0 Å². The number of thiocarbonyl (C=S) groups is 1. The Kier molecular flexibility index (Phi) is 5.08. The van der Waals surface area contributed by atoms with Crippen LogP contribution in [0.25, 0.3) is 0 Å². The quantitative estimate of drug-likeness (QED) is 0.693. The third-order valence-corrected chi connectivity index (χ3v) is 2.48. The average molecular weight is 269 g/mol. The number of nitrogens with one attached hydrogen (secondary N) is 2. The number of aryl methyl sites for hydroxylation is 1. The molecule has 0 spiro atoms. The monoisotopic (exact) mass is 269 g/mol. The van der Waals surface area contributed by atoms with E-state index in [9.17, 15) is 4.79 Å². The fourth-order valence-electron chi connectivity index (χ4n) is 1.32. The molecule has 1 aromatic rings. The number of aromatic nitrogens is 2. The molecule has 0 fully saturated rings. The second kappa shape index (κ2) is 6.34. The van der Waals surface area contributed by atoms with E-state index in [1.54, 1.807) is 10.9 Å². The largest absolute Gasteiger partial charge is 0.364 e. The molecule has 1 rings (SSSR count). The van der Waals surface area contributed by atoms with Crippen molar-refractivity contribution in [2.24, 2.45) is 11.7 Å². The van der Waals surface area contributed by atoms with Gasteiger partial charge in [0.05, 0.1) is 5.69 Å². The van der Waals surface area contributed by atoms with Gasteiger partial charge < -0.3 is 16.4 Å². The van der Waals surface area contributed by atoms with E-state index < -0.39 is 5.91 Å². The highest BCUT2D eigenvalue weighted by atomic mass is 32.1. The summed E-state index contributed by atoms with van der Waals surface area (Å²) in [5.74, 6) is -0.0879. The Bertz CT molecular complexity index is 441. The minimum atomic E-state index is -0.573. The van der Waals surface area contributed by atoms with Gasteiger partial charge in [0.2, 0.25) is 0 Å². The maximum atomic E-state index is 11.2. The molecule has 0 unspecified atom stereocenters. The molecule has 0 radical (unpaired) electrons. The smallest absolute Gasteiger partial charge is 0.271 e. The summed E-state index contributed by atoms with van der Waals surface area (Å²) in [4.78, 5) is 11.2. The Morgan fingerprint density at radius 3 is 2.78 bits per heavy atom. The molecule has 0 aliphatic carbocycles. The fourth-order valence-corrected chi connectivity index (χ4v) is 1.51. The van der Waals surface area contributed by atoms with Gasteiger partial charge >= 0.3 is 0 Å². The summed E-state index contributed by atoms with van der Waals surface area (Å²) in [7, 11) is 0. The van der Waals surface area contributed by atoms with Crippen molar-refractivity contribution in [1.82, 2.24) is 15.1 Å². The second-order valence-electron chi connectivity index (χ2n) is 4.34. The molecule has 1 heterocycles. The van der Waals surface area contributed by atoms with Crippen LogP contribution in [0.1, 0.15) is 31.3 Å². The van der Waals surface area contributed by atoms with Crippen LogP contribution in [0, 0.1) is 5.92 Å². The van der Waals surface area contributed by atoms with Gasteiger partial charge in [-0.25, -0.2) is 0 Å². The van der Waals surface area contributed by atoms with Gasteiger partial charge in [-0.2, -0.15) is 5.10 Å². The molecule has 0 saturated carbocycles. The predicted octanol–water partition coefficient (Wildman–Crippen LogP) is 0.944. The molecule has 100 valence electrons. The van der Waals surface area contributed by atoms with E-state index in [1.807, 2.05) is 6.92 Å². The van der Waals surface area contributed by atoms with Crippen molar-refractivity contribution < 1.29 is 4.79 Å². The van der Waals surface area contributed by atoms with Crippen molar-refractivity contribution in [3.8, 4) is 0 Å². The molecule has 1 amide bonds. The third-order valence-electron chi connectivity index (χ3n) is 2.24. The molecular formula is C11H19N5OS. The van der Waals surface area contributed by atoms with Gasteiger partial charge in [0.1, 0.15) is 0 Å². The van der Waals surface area contributed by atoms with Crippen LogP contribution in [0.2, 0.25) is 0 Å². The molecule has 4 N–H and O–H groups in total. The molecular weight excluding hydrogens is 250 g/mol. The maximum Gasteiger partial charge on any atom is 0.271 e. The molecule has 18 heavy (non-hydrogen) atoms. The van der Waals surface area contributed by atoms with E-state index >= 15 is 0 Å². The predicted molar refractivity (Wildman–Crippen MR) is 75.5 cm³/mol. The number of hydrogen-bond acceptors (Lipinski definition) is 3. The van der Waals surface area contributed by atoms with Crippen molar-refractivity contribution in [2.45, 2.75) is 27.3 Å². The van der Waals surface area contributed by atoms with Crippen molar-refractivity contribution in [2.75, 3.05) is 11.9 Å². The highest BCUT2D eigenvalue weighted by Crippen LogP contribution is 2.13. The number of amides is 1. The summed E-state index contributed by atoms with van der Waals surface area (Å²) < 4.78 is 1.63. The SMILES string of the molecule is CCn1cc(NC(=S)NCC(C)C)c(C(N)=O)n1. The lowest BCUT2D eigenvalue weighted by molar-refractivity contribution is 0.0995. The fraction of sp³-hybridized carbons (Fsp3) is 0.545. The molecule has 0 aliphatic heterocycles. The van der Waals surface area contributed by atoms with E-state index in [1.165, 1.54) is 0 Å². The first-order chi connectivity index (χ1) is 8.43. The van der Waals surface area contributed by atoms with Gasteiger partial charge in [-0.1, -0.05) is 13.8 Å². The zero-order valence-corrected chi connectivity index (χ0v) is 11.7. The summed E-state index contributed by atoms with van der Waals surface area (Å²) in [6.45, 7) is 7.52. The van der Waals surface area contributed by atoms with E-state index in [0.717, 1.165) is 6.54 Å². The Morgan fingerprint density at radius 2 is 2.28 bits per heavy atom. The van der Waals surface area contributed by atoms with Gasteiger partial charge in [-0.05, 0) is 25.1 Å². The lowest BCUT2D eigenvalue weighted by Gasteiger charge is -2.11. The van der Waals surface area contributed by atoms with Gasteiger partial charge in [0, 0.05) is 19.3 Å². The summed E-state index contributed by atoms with van der Waals surface area (Å²) in [5.41, 5.74) is 5.99. The number of carbonyl (C=O) groups excluding carboxylic acids is 1. The lowest BCUT2D eigenvalue weighted by atomic mass is 10.2. The van der Waals surface area contributed by atoms with Crippen molar-refractivity contribution >= 4 is 28.9 Å². The summed E-state index contributed by atoms with van der Waals surface area (Å²) in [6, 6.07) is 0. The van der Waals surface area contributed by atoms with Crippen molar-refractivity contribution in [1.29, 1.82) is 0 Å². The zero-order valence-electron chi connectivity index (χ0n) is 10.9. The number of nitrogens with zero attached hydrogens (tertiary/aromatic N) is 2. The van der Waals surface area contributed by atoms with Crippen molar-refractivity contribution in [3.63, 3.8) is 0 Å². The van der Waals surface area contributed by atoms with E-state index in [4.69, 9.17) is 18.0 Å². The first-order valence-electron chi connectivity index (χ1n) is 5.86. The summed E-state index contributed by atoms with van der Waals surface area (Å²) in [6.07, 6.45) is 1.71. The van der Waals surface area contributed by atoms with Gasteiger partial charge in [0.25, 0.3) is 5.91 Å². The lowest BCUT2D eigenvalue weighted by Crippen LogP contribution is -2.32. The van der Waals surface area contributed by atoms with E-state index in [-0.39, 0.29) is 5.69 Å². The zero-order chi connectivity index (χ0) is 13.7. The first kappa shape index (κ1) is 14.4. The summed E-state index contributed by atoms with van der Waals surface area (Å²) >= 11 is 5.13. The number of carbonyl (C=O) groups is 1. The van der Waals surface area contributed by atoms with Crippen LogP contribution in [0.3, 0.4) is 0 Å². The third kappa shape index (κ3) is 3.99. The highest BCUT2D eigenvalue weighted by Gasteiger charge is 2.14. The van der Waals surface area contributed by atoms with Crippen LogP contribution in [-0.2, 0) is 6.54 Å². The van der Waals surface area contributed by atoms with E-state index in [2.05, 4.69) is 29.6 Å². The second-order valence-corrected chi connectivity index (χ2v) is 4.75. The number of nitrogens with two attached hydrogens (primary N) is 1. The van der Waals surface area contributed by atoms with Gasteiger partial charge in [0.15, 0.2) is 10.8 Å². The standard InChI is InChI=1S/C11H19N5OS/c1-4-16-6-8(9(15-16)10(12)17)14-11(18)13-5-7(2)3/h6-7H,4-5H2,1-3H3,(H2,12,17)(H2,13,14,18). The molecule has 1 aromatic heterocycles. The van der Waals surface area contributed by atoms with Crippen LogP contribution in [0.5, 0.6) is 0 Å². The molecule has 0 aliphatic rings. The first-order valence-corrected chi connectivity index (χ1v) is 6.27. The Labute approximate surface area is 112 Å². The van der Waals surface area contributed by atoms with Gasteiger partial charge in [-0.3, -0.25) is 9.48 Å². The van der Waals surface area contributed by atoms with Gasteiger partial charge in [-0.15, -0.1) is 0 Å². The summed E-state index contributed by atoms with van der Waals surface area (Å²) in [5, 5.41) is 10.5. The normalized spacial score (nSPS) is 10.4. The Morgan fingerprint density at radius 1 is 1.61 bits per heavy atom. The molecule has 7 heteroatoms. The number of rotatable bonds is 5. The van der Waals surface area contributed by atoms with Crippen LogP contribution in [0.4, 0.5) is 5.69 Å². The van der Waals surface area contributed by atoms with Crippen LogP contribution in [0.15, 0.2) is 6.20 Å².